The molecule has 110 valence electrons. The summed E-state index contributed by atoms with van der Waals surface area (Å²) in [5.41, 5.74) is 2.31. The van der Waals surface area contributed by atoms with Crippen LogP contribution in [0.2, 0.25) is 0 Å². The molecule has 2 rings (SSSR count). The first-order valence-corrected chi connectivity index (χ1v) is 6.67. The van der Waals surface area contributed by atoms with E-state index < -0.39 is 23.5 Å². The third-order valence-electron chi connectivity index (χ3n) is 3.32. The van der Waals surface area contributed by atoms with E-state index >= 15 is 0 Å². The summed E-state index contributed by atoms with van der Waals surface area (Å²) in [6.07, 6.45) is 0.424. The summed E-state index contributed by atoms with van der Waals surface area (Å²) in [7, 11) is 0. The van der Waals surface area contributed by atoms with Crippen LogP contribution < -0.4 is 0 Å². The fourth-order valence-electron chi connectivity index (χ4n) is 2.38. The van der Waals surface area contributed by atoms with Gasteiger partial charge in [0.25, 0.3) is 0 Å². The zero-order chi connectivity index (χ0) is 15.4. The lowest BCUT2D eigenvalue weighted by Gasteiger charge is -2.13. The lowest BCUT2D eigenvalue weighted by atomic mass is 9.92. The molecule has 1 unspecified atom stereocenters. The first-order valence-electron chi connectivity index (χ1n) is 6.67. The number of carboxylic acids is 1. The Morgan fingerprint density at radius 3 is 2.24 bits per heavy atom. The Bertz CT molecular complexity index is 633. The van der Waals surface area contributed by atoms with E-state index in [2.05, 4.69) is 0 Å². The number of carboxylic acid groups (broad SMARTS) is 1. The summed E-state index contributed by atoms with van der Waals surface area (Å²) >= 11 is 0. The van der Waals surface area contributed by atoms with Gasteiger partial charge < -0.3 is 5.11 Å². The number of carbonyl (C=O) groups is 1. The second-order valence-corrected chi connectivity index (χ2v) is 5.21. The molecule has 0 bridgehead atoms. The molecule has 0 heterocycles. The molecule has 2 aromatic carbocycles. The summed E-state index contributed by atoms with van der Waals surface area (Å²) in [5.74, 6) is -3.07. The highest BCUT2D eigenvalue weighted by molar-refractivity contribution is 5.70. The Morgan fingerprint density at radius 1 is 1.05 bits per heavy atom. The molecule has 0 aromatic heterocycles. The van der Waals surface area contributed by atoms with Crippen LogP contribution in [-0.2, 0) is 17.6 Å². The van der Waals surface area contributed by atoms with Crippen molar-refractivity contribution < 1.29 is 18.7 Å². The number of hydrogen-bond acceptors (Lipinski definition) is 1. The molecule has 0 radical (unpaired) electrons. The van der Waals surface area contributed by atoms with Crippen molar-refractivity contribution in [2.24, 2.45) is 5.92 Å². The van der Waals surface area contributed by atoms with Crippen LogP contribution in [0.4, 0.5) is 8.78 Å². The quantitative estimate of drug-likeness (QED) is 0.910. The Labute approximate surface area is 122 Å². The van der Waals surface area contributed by atoms with Gasteiger partial charge in [0.15, 0.2) is 0 Å². The zero-order valence-electron chi connectivity index (χ0n) is 11.6. The van der Waals surface area contributed by atoms with Crippen molar-refractivity contribution in [2.45, 2.75) is 19.8 Å². The highest BCUT2D eigenvalue weighted by Crippen LogP contribution is 2.18. The monoisotopic (exact) mass is 290 g/mol. The van der Waals surface area contributed by atoms with E-state index in [9.17, 15) is 18.7 Å². The summed E-state index contributed by atoms with van der Waals surface area (Å²) in [6.45, 7) is 1.93. The zero-order valence-corrected chi connectivity index (χ0v) is 11.6. The van der Waals surface area contributed by atoms with Crippen molar-refractivity contribution in [3.8, 4) is 0 Å². The molecule has 2 aromatic rings. The number of aliphatic carboxylic acids is 1. The summed E-state index contributed by atoms with van der Waals surface area (Å²) in [5, 5.41) is 9.32. The van der Waals surface area contributed by atoms with Crippen LogP contribution >= 0.6 is 0 Å². The van der Waals surface area contributed by atoms with Crippen LogP contribution in [0, 0.1) is 24.5 Å². The topological polar surface area (TPSA) is 37.3 Å². The van der Waals surface area contributed by atoms with Crippen LogP contribution in [0.5, 0.6) is 0 Å². The minimum Gasteiger partial charge on any atom is -0.481 e. The normalized spacial score (nSPS) is 12.1. The highest BCUT2D eigenvalue weighted by atomic mass is 19.1. The summed E-state index contributed by atoms with van der Waals surface area (Å²) in [6, 6.07) is 10.7. The van der Waals surface area contributed by atoms with E-state index in [4.69, 9.17) is 0 Å². The molecular weight excluding hydrogens is 274 g/mol. The van der Waals surface area contributed by atoms with Crippen LogP contribution in [0.1, 0.15) is 16.7 Å². The Balaban J connectivity index is 2.17. The predicted octanol–water partition coefficient (Wildman–Crippen LogP) is 3.76. The maximum atomic E-state index is 13.2. The first-order chi connectivity index (χ1) is 9.94. The molecule has 1 atom stereocenters. The molecule has 0 amide bonds. The van der Waals surface area contributed by atoms with E-state index in [1.807, 2.05) is 31.2 Å². The molecular formula is C17H16F2O2. The molecule has 0 saturated carbocycles. The van der Waals surface area contributed by atoms with Gasteiger partial charge in [-0.05, 0) is 43.0 Å². The molecule has 0 aliphatic carbocycles. The van der Waals surface area contributed by atoms with Gasteiger partial charge in [0.05, 0.1) is 5.92 Å². The molecule has 0 saturated heterocycles. The Hall–Kier alpha value is -2.23. The van der Waals surface area contributed by atoms with E-state index in [-0.39, 0.29) is 6.42 Å². The van der Waals surface area contributed by atoms with Crippen molar-refractivity contribution in [1.82, 2.24) is 0 Å². The molecule has 4 heteroatoms. The predicted molar refractivity (Wildman–Crippen MR) is 76.1 cm³/mol. The van der Waals surface area contributed by atoms with Crippen LogP contribution in [-0.4, -0.2) is 11.1 Å². The lowest BCUT2D eigenvalue weighted by molar-refractivity contribution is -0.141. The SMILES string of the molecule is Cc1cccc(CC(Cc2cc(F)cc(F)c2)C(=O)O)c1. The molecule has 1 N–H and O–H groups in total. The van der Waals surface area contributed by atoms with E-state index in [1.165, 1.54) is 12.1 Å². The fourth-order valence-corrected chi connectivity index (χ4v) is 2.38. The highest BCUT2D eigenvalue weighted by Gasteiger charge is 2.19. The average molecular weight is 290 g/mol. The molecule has 0 spiro atoms. The summed E-state index contributed by atoms with van der Waals surface area (Å²) in [4.78, 5) is 11.4. The third-order valence-corrected chi connectivity index (χ3v) is 3.32. The van der Waals surface area contributed by atoms with E-state index in [0.29, 0.717) is 12.0 Å². The van der Waals surface area contributed by atoms with Gasteiger partial charge in [0, 0.05) is 6.07 Å². The average Bonchev–Trinajstić information content (AvgIpc) is 2.36. The molecule has 0 aliphatic heterocycles. The Kier molecular flexibility index (Phi) is 4.68. The van der Waals surface area contributed by atoms with Crippen LogP contribution in [0.25, 0.3) is 0 Å². The second-order valence-electron chi connectivity index (χ2n) is 5.21. The van der Waals surface area contributed by atoms with Gasteiger partial charge in [-0.1, -0.05) is 29.8 Å². The maximum absolute atomic E-state index is 13.2. The van der Waals surface area contributed by atoms with Crippen molar-refractivity contribution in [3.05, 3.63) is 70.8 Å². The smallest absolute Gasteiger partial charge is 0.307 e. The fraction of sp³-hybridized carbons (Fsp3) is 0.235. The van der Waals surface area contributed by atoms with Gasteiger partial charge in [-0.3, -0.25) is 4.79 Å². The van der Waals surface area contributed by atoms with Gasteiger partial charge in [-0.25, -0.2) is 8.78 Å². The number of halogens is 2. The third kappa shape index (κ3) is 4.38. The van der Waals surface area contributed by atoms with Gasteiger partial charge in [-0.2, -0.15) is 0 Å². The standard InChI is InChI=1S/C17H16F2O2/c1-11-3-2-4-12(5-11)6-14(17(20)21)7-13-8-15(18)10-16(19)9-13/h2-5,8-10,14H,6-7H2,1H3,(H,20,21). The lowest BCUT2D eigenvalue weighted by Crippen LogP contribution is -2.19. The molecule has 2 nitrogen and oxygen atoms in total. The van der Waals surface area contributed by atoms with Gasteiger partial charge in [0.1, 0.15) is 11.6 Å². The maximum Gasteiger partial charge on any atom is 0.307 e. The summed E-state index contributed by atoms with van der Waals surface area (Å²) < 4.78 is 26.3. The van der Waals surface area contributed by atoms with E-state index in [0.717, 1.165) is 17.2 Å². The second kappa shape index (κ2) is 6.48. The molecule has 0 aliphatic rings. The van der Waals surface area contributed by atoms with Crippen LogP contribution in [0.3, 0.4) is 0 Å². The first kappa shape index (κ1) is 15.2. The minimum absolute atomic E-state index is 0.0952. The largest absolute Gasteiger partial charge is 0.481 e. The van der Waals surface area contributed by atoms with Crippen molar-refractivity contribution in [1.29, 1.82) is 0 Å². The van der Waals surface area contributed by atoms with Crippen molar-refractivity contribution >= 4 is 5.97 Å². The Morgan fingerprint density at radius 2 is 1.67 bits per heavy atom. The van der Waals surface area contributed by atoms with Gasteiger partial charge in [0.2, 0.25) is 0 Å². The number of benzene rings is 2. The van der Waals surface area contributed by atoms with Crippen molar-refractivity contribution in [2.75, 3.05) is 0 Å². The molecule has 0 fully saturated rings. The minimum atomic E-state index is -0.971. The van der Waals surface area contributed by atoms with E-state index in [1.54, 1.807) is 0 Å². The number of aryl methyl sites for hydroxylation is 1. The van der Waals surface area contributed by atoms with Gasteiger partial charge >= 0.3 is 5.97 Å². The molecule has 21 heavy (non-hydrogen) atoms. The number of rotatable bonds is 5. The van der Waals surface area contributed by atoms with Crippen LogP contribution in [0.15, 0.2) is 42.5 Å². The number of hydrogen-bond donors (Lipinski definition) is 1. The van der Waals surface area contributed by atoms with Gasteiger partial charge in [-0.15, -0.1) is 0 Å². The van der Waals surface area contributed by atoms with Crippen molar-refractivity contribution in [3.63, 3.8) is 0 Å².